The summed E-state index contributed by atoms with van der Waals surface area (Å²) < 4.78 is 13.7. The number of nitrogens with one attached hydrogen (secondary N) is 1. The number of rotatable bonds is 5. The molecular formula is C20H22FN3O2. The van der Waals surface area contributed by atoms with Crippen LogP contribution < -0.4 is 5.32 Å². The second-order valence-corrected chi connectivity index (χ2v) is 6.50. The van der Waals surface area contributed by atoms with E-state index < -0.39 is 0 Å². The number of hydrogen-bond donors (Lipinski definition) is 1. The van der Waals surface area contributed by atoms with E-state index in [-0.39, 0.29) is 30.0 Å². The van der Waals surface area contributed by atoms with Gasteiger partial charge in [-0.05, 0) is 42.2 Å². The fourth-order valence-electron chi connectivity index (χ4n) is 3.14. The molecule has 136 valence electrons. The first-order valence-electron chi connectivity index (χ1n) is 8.81. The summed E-state index contributed by atoms with van der Waals surface area (Å²) >= 11 is 0. The van der Waals surface area contributed by atoms with E-state index in [0.29, 0.717) is 38.0 Å². The van der Waals surface area contributed by atoms with Gasteiger partial charge in [-0.3, -0.25) is 14.6 Å². The molecule has 0 unspecified atom stereocenters. The van der Waals surface area contributed by atoms with Crippen molar-refractivity contribution in [3.63, 3.8) is 0 Å². The maximum atomic E-state index is 13.7. The highest BCUT2D eigenvalue weighted by molar-refractivity contribution is 5.81. The number of piperidine rings is 1. The summed E-state index contributed by atoms with van der Waals surface area (Å²) in [6, 6.07) is 10.1. The molecule has 1 N–H and O–H groups in total. The molecule has 6 heteroatoms. The number of halogens is 1. The summed E-state index contributed by atoms with van der Waals surface area (Å²) in [6.45, 7) is 1.54. The Bertz CT molecular complexity index is 759. The number of nitrogens with zero attached hydrogens (tertiary/aromatic N) is 2. The molecule has 2 aromatic rings. The Morgan fingerprint density at radius 1 is 1.12 bits per heavy atom. The Morgan fingerprint density at radius 3 is 2.50 bits per heavy atom. The predicted octanol–water partition coefficient (Wildman–Crippen LogP) is 2.32. The van der Waals surface area contributed by atoms with E-state index in [4.69, 9.17) is 0 Å². The van der Waals surface area contributed by atoms with Crippen LogP contribution in [0.1, 0.15) is 24.0 Å². The lowest BCUT2D eigenvalue weighted by atomic mass is 9.95. The molecule has 0 saturated carbocycles. The minimum absolute atomic E-state index is 0.0167. The molecule has 0 bridgehead atoms. The van der Waals surface area contributed by atoms with Crippen molar-refractivity contribution in [2.75, 3.05) is 13.1 Å². The van der Waals surface area contributed by atoms with Crippen molar-refractivity contribution in [3.05, 3.63) is 65.7 Å². The molecule has 5 nitrogen and oxygen atoms in total. The Kier molecular flexibility index (Phi) is 5.94. The fourth-order valence-corrected chi connectivity index (χ4v) is 3.14. The van der Waals surface area contributed by atoms with Gasteiger partial charge in [-0.25, -0.2) is 4.39 Å². The van der Waals surface area contributed by atoms with E-state index >= 15 is 0 Å². The topological polar surface area (TPSA) is 62.3 Å². The van der Waals surface area contributed by atoms with Crippen molar-refractivity contribution in [2.45, 2.75) is 25.8 Å². The Morgan fingerprint density at radius 2 is 1.81 bits per heavy atom. The number of hydrogen-bond acceptors (Lipinski definition) is 3. The van der Waals surface area contributed by atoms with E-state index in [1.54, 1.807) is 35.5 Å². The molecule has 0 aliphatic carbocycles. The number of carbonyl (C=O) groups is 2. The maximum Gasteiger partial charge on any atom is 0.227 e. The zero-order valence-electron chi connectivity index (χ0n) is 14.5. The first-order chi connectivity index (χ1) is 12.6. The number of carbonyl (C=O) groups excluding carboxylic acids is 2. The van der Waals surface area contributed by atoms with Crippen LogP contribution in [-0.2, 0) is 22.6 Å². The predicted molar refractivity (Wildman–Crippen MR) is 95.5 cm³/mol. The third kappa shape index (κ3) is 4.65. The number of pyridine rings is 1. The second-order valence-electron chi connectivity index (χ2n) is 6.50. The van der Waals surface area contributed by atoms with Gasteiger partial charge in [0, 0.05) is 37.9 Å². The first kappa shape index (κ1) is 18.0. The van der Waals surface area contributed by atoms with Crippen molar-refractivity contribution < 1.29 is 14.0 Å². The van der Waals surface area contributed by atoms with Gasteiger partial charge >= 0.3 is 0 Å². The Balaban J connectivity index is 1.45. The van der Waals surface area contributed by atoms with Crippen LogP contribution >= 0.6 is 0 Å². The molecule has 2 amide bonds. The lowest BCUT2D eigenvalue weighted by Crippen LogP contribution is -2.43. The molecule has 0 atom stereocenters. The first-order valence-corrected chi connectivity index (χ1v) is 8.81. The molecule has 3 rings (SSSR count). The van der Waals surface area contributed by atoms with E-state index in [0.717, 1.165) is 5.56 Å². The van der Waals surface area contributed by atoms with Crippen LogP contribution in [0.15, 0.2) is 48.8 Å². The highest BCUT2D eigenvalue weighted by Gasteiger charge is 2.27. The Hall–Kier alpha value is -2.76. The van der Waals surface area contributed by atoms with Crippen molar-refractivity contribution in [1.29, 1.82) is 0 Å². The minimum Gasteiger partial charge on any atom is -0.352 e. The van der Waals surface area contributed by atoms with Crippen molar-refractivity contribution in [2.24, 2.45) is 5.92 Å². The average Bonchev–Trinajstić information content (AvgIpc) is 2.69. The SMILES string of the molecule is O=C(NCc1ccncc1)C1CCN(C(=O)Cc2ccccc2F)CC1. The van der Waals surface area contributed by atoms with E-state index in [1.165, 1.54) is 6.07 Å². The van der Waals surface area contributed by atoms with E-state index in [2.05, 4.69) is 10.3 Å². The zero-order chi connectivity index (χ0) is 18.4. The lowest BCUT2D eigenvalue weighted by Gasteiger charge is -2.31. The zero-order valence-corrected chi connectivity index (χ0v) is 14.5. The minimum atomic E-state index is -0.355. The molecule has 1 aliphatic heterocycles. The molecular weight excluding hydrogens is 333 g/mol. The van der Waals surface area contributed by atoms with Gasteiger partial charge in [-0.1, -0.05) is 18.2 Å². The summed E-state index contributed by atoms with van der Waals surface area (Å²) in [5.41, 5.74) is 1.42. The maximum absolute atomic E-state index is 13.7. The molecule has 26 heavy (non-hydrogen) atoms. The molecule has 1 aromatic carbocycles. The van der Waals surface area contributed by atoms with Gasteiger partial charge in [0.2, 0.25) is 11.8 Å². The third-order valence-electron chi connectivity index (χ3n) is 4.73. The normalized spacial score (nSPS) is 14.9. The van der Waals surface area contributed by atoms with Gasteiger partial charge in [0.25, 0.3) is 0 Å². The van der Waals surface area contributed by atoms with Crippen molar-refractivity contribution in [1.82, 2.24) is 15.2 Å². The molecule has 1 fully saturated rings. The van der Waals surface area contributed by atoms with Gasteiger partial charge in [0.05, 0.1) is 6.42 Å². The van der Waals surface area contributed by atoms with Gasteiger partial charge in [-0.15, -0.1) is 0 Å². The number of benzene rings is 1. The van der Waals surface area contributed by atoms with Crippen LogP contribution in [0.25, 0.3) is 0 Å². The summed E-state index contributed by atoms with van der Waals surface area (Å²) in [6.07, 6.45) is 4.71. The summed E-state index contributed by atoms with van der Waals surface area (Å²) in [5, 5.41) is 2.94. The summed E-state index contributed by atoms with van der Waals surface area (Å²) in [4.78, 5) is 30.3. The second kappa shape index (κ2) is 8.56. The average molecular weight is 355 g/mol. The largest absolute Gasteiger partial charge is 0.352 e. The van der Waals surface area contributed by atoms with Crippen LogP contribution in [-0.4, -0.2) is 34.8 Å². The van der Waals surface area contributed by atoms with Crippen LogP contribution in [0.2, 0.25) is 0 Å². The molecule has 1 aliphatic rings. The Labute approximate surface area is 152 Å². The highest BCUT2D eigenvalue weighted by Crippen LogP contribution is 2.19. The van der Waals surface area contributed by atoms with Gasteiger partial charge < -0.3 is 10.2 Å². The smallest absolute Gasteiger partial charge is 0.227 e. The van der Waals surface area contributed by atoms with Gasteiger partial charge in [0.1, 0.15) is 5.82 Å². The fraction of sp³-hybridized carbons (Fsp3) is 0.350. The monoisotopic (exact) mass is 355 g/mol. The molecule has 2 heterocycles. The number of aromatic nitrogens is 1. The number of likely N-dealkylation sites (tertiary alicyclic amines) is 1. The number of amides is 2. The standard InChI is InChI=1S/C20H22FN3O2/c21-18-4-2-1-3-17(18)13-19(25)24-11-7-16(8-12-24)20(26)23-14-15-5-9-22-10-6-15/h1-6,9-10,16H,7-8,11-14H2,(H,23,26). The third-order valence-corrected chi connectivity index (χ3v) is 4.73. The molecule has 1 saturated heterocycles. The summed E-state index contributed by atoms with van der Waals surface area (Å²) in [7, 11) is 0. The van der Waals surface area contributed by atoms with Crippen LogP contribution in [0.3, 0.4) is 0 Å². The van der Waals surface area contributed by atoms with Crippen molar-refractivity contribution >= 4 is 11.8 Å². The molecule has 0 spiro atoms. The highest BCUT2D eigenvalue weighted by atomic mass is 19.1. The van der Waals surface area contributed by atoms with Crippen LogP contribution in [0.4, 0.5) is 4.39 Å². The van der Waals surface area contributed by atoms with Crippen LogP contribution in [0.5, 0.6) is 0 Å². The molecule has 0 radical (unpaired) electrons. The summed E-state index contributed by atoms with van der Waals surface area (Å²) in [5.74, 6) is -0.519. The van der Waals surface area contributed by atoms with Crippen LogP contribution in [0, 0.1) is 11.7 Å². The van der Waals surface area contributed by atoms with Gasteiger partial charge in [0.15, 0.2) is 0 Å². The quantitative estimate of drug-likeness (QED) is 0.895. The lowest BCUT2D eigenvalue weighted by molar-refractivity contribution is -0.135. The van der Waals surface area contributed by atoms with Gasteiger partial charge in [-0.2, -0.15) is 0 Å². The van der Waals surface area contributed by atoms with Crippen molar-refractivity contribution in [3.8, 4) is 0 Å². The van der Waals surface area contributed by atoms with E-state index in [9.17, 15) is 14.0 Å². The van der Waals surface area contributed by atoms with E-state index in [1.807, 2.05) is 12.1 Å². The molecule has 1 aromatic heterocycles.